The summed E-state index contributed by atoms with van der Waals surface area (Å²) < 4.78 is 1.17. The zero-order valence-electron chi connectivity index (χ0n) is 16.3. The number of para-hydroxylation sites is 1. The second-order valence-electron chi connectivity index (χ2n) is 7.30. The van der Waals surface area contributed by atoms with Crippen molar-refractivity contribution in [3.05, 3.63) is 94.4 Å². The minimum atomic E-state index is -0.737. The first kappa shape index (κ1) is 19.6. The molecule has 4 rings (SSSR count). The number of rotatable bonds is 7. The van der Waals surface area contributed by atoms with Crippen molar-refractivity contribution in [3.8, 4) is 5.69 Å². The van der Waals surface area contributed by atoms with Crippen LogP contribution in [0.15, 0.2) is 77.6 Å². The third kappa shape index (κ3) is 4.81. The van der Waals surface area contributed by atoms with Crippen LogP contribution in [0.4, 0.5) is 0 Å². The predicted octanol–water partition coefficient (Wildman–Crippen LogP) is 1.85. The fourth-order valence-corrected chi connectivity index (χ4v) is 3.11. The minimum absolute atomic E-state index is 0.0655. The molecular formula is C23H22N4O3. The van der Waals surface area contributed by atoms with Crippen molar-refractivity contribution in [2.24, 2.45) is 0 Å². The maximum absolute atomic E-state index is 12.9. The van der Waals surface area contributed by atoms with E-state index in [0.29, 0.717) is 12.1 Å². The molecule has 0 saturated heterocycles. The highest BCUT2D eigenvalue weighted by Gasteiger charge is 2.29. The number of carbonyl (C=O) groups excluding carboxylic acids is 2. The van der Waals surface area contributed by atoms with Crippen LogP contribution in [0.1, 0.15) is 28.9 Å². The smallest absolute Gasteiger partial charge is 0.272 e. The van der Waals surface area contributed by atoms with Crippen LogP contribution in [-0.4, -0.2) is 33.7 Å². The highest BCUT2D eigenvalue weighted by Crippen LogP contribution is 2.19. The van der Waals surface area contributed by atoms with Gasteiger partial charge < -0.3 is 10.6 Å². The molecule has 0 spiro atoms. The van der Waals surface area contributed by atoms with E-state index in [1.807, 2.05) is 36.4 Å². The lowest BCUT2D eigenvalue weighted by Crippen LogP contribution is -2.49. The van der Waals surface area contributed by atoms with Gasteiger partial charge >= 0.3 is 0 Å². The van der Waals surface area contributed by atoms with Crippen molar-refractivity contribution in [3.63, 3.8) is 0 Å². The summed E-state index contributed by atoms with van der Waals surface area (Å²) >= 11 is 0. The van der Waals surface area contributed by atoms with Crippen molar-refractivity contribution in [2.45, 2.75) is 31.3 Å². The van der Waals surface area contributed by atoms with Crippen molar-refractivity contribution >= 4 is 11.8 Å². The number of carbonyl (C=O) groups is 2. The van der Waals surface area contributed by atoms with E-state index in [2.05, 4.69) is 15.7 Å². The number of hydrogen-bond acceptors (Lipinski definition) is 4. The van der Waals surface area contributed by atoms with Crippen LogP contribution in [0.25, 0.3) is 5.69 Å². The van der Waals surface area contributed by atoms with Gasteiger partial charge in [-0.05, 0) is 36.6 Å². The maximum Gasteiger partial charge on any atom is 0.272 e. The third-order valence-electron chi connectivity index (χ3n) is 4.86. The average Bonchev–Trinajstić information content (AvgIpc) is 3.59. The number of hydrogen-bond donors (Lipinski definition) is 2. The molecule has 1 atom stereocenters. The fraction of sp³-hybridized carbons (Fsp3) is 0.217. The Labute approximate surface area is 173 Å². The Balaban J connectivity index is 1.55. The molecule has 1 fully saturated rings. The van der Waals surface area contributed by atoms with E-state index >= 15 is 0 Å². The monoisotopic (exact) mass is 402 g/mol. The van der Waals surface area contributed by atoms with Gasteiger partial charge in [-0.25, -0.2) is 0 Å². The number of benzene rings is 2. The van der Waals surface area contributed by atoms with E-state index in [9.17, 15) is 14.4 Å². The fourth-order valence-electron chi connectivity index (χ4n) is 3.11. The number of amides is 2. The molecule has 1 heterocycles. The van der Waals surface area contributed by atoms with Gasteiger partial charge in [0.2, 0.25) is 5.91 Å². The SMILES string of the molecule is O=C(NC(Cc1ccccc1)C(=O)NC1CC1)c1ccc(=O)n(-c2ccccc2)n1. The standard InChI is InChI=1S/C23H22N4O3/c28-21-14-13-19(26-27(21)18-9-5-2-6-10-18)22(29)25-20(23(30)24-17-11-12-17)15-16-7-3-1-4-8-16/h1-10,13-14,17,20H,11-12,15H2,(H,24,30)(H,25,29). The van der Waals surface area contributed by atoms with Gasteiger partial charge in [0.1, 0.15) is 11.7 Å². The number of aromatic nitrogens is 2. The van der Waals surface area contributed by atoms with Gasteiger partial charge in [0.25, 0.3) is 11.5 Å². The van der Waals surface area contributed by atoms with Crippen molar-refractivity contribution in [1.29, 1.82) is 0 Å². The first-order valence-electron chi connectivity index (χ1n) is 9.91. The molecule has 152 valence electrons. The Morgan fingerprint density at radius 2 is 1.63 bits per heavy atom. The quantitative estimate of drug-likeness (QED) is 0.631. The summed E-state index contributed by atoms with van der Waals surface area (Å²) in [7, 11) is 0. The molecule has 2 amide bonds. The van der Waals surface area contributed by atoms with E-state index in [1.54, 1.807) is 24.3 Å². The lowest BCUT2D eigenvalue weighted by Gasteiger charge is -2.18. The lowest BCUT2D eigenvalue weighted by molar-refractivity contribution is -0.123. The first-order valence-corrected chi connectivity index (χ1v) is 9.91. The summed E-state index contributed by atoms with van der Waals surface area (Å²) in [6.45, 7) is 0. The maximum atomic E-state index is 12.9. The molecule has 3 aromatic rings. The van der Waals surface area contributed by atoms with Crippen LogP contribution >= 0.6 is 0 Å². The molecular weight excluding hydrogens is 380 g/mol. The molecule has 30 heavy (non-hydrogen) atoms. The number of nitrogens with zero attached hydrogens (tertiary/aromatic N) is 2. The average molecular weight is 402 g/mol. The summed E-state index contributed by atoms with van der Waals surface area (Å²) in [5.41, 5.74) is 1.22. The molecule has 0 bridgehead atoms. The van der Waals surface area contributed by atoms with E-state index < -0.39 is 11.9 Å². The summed E-state index contributed by atoms with van der Waals surface area (Å²) in [5.74, 6) is -0.724. The van der Waals surface area contributed by atoms with Crippen molar-refractivity contribution in [1.82, 2.24) is 20.4 Å². The predicted molar refractivity (Wildman–Crippen MR) is 112 cm³/mol. The highest BCUT2D eigenvalue weighted by atomic mass is 16.2. The zero-order chi connectivity index (χ0) is 20.9. The van der Waals surface area contributed by atoms with E-state index in [0.717, 1.165) is 18.4 Å². The van der Waals surface area contributed by atoms with Crippen LogP contribution in [0, 0.1) is 0 Å². The second kappa shape index (κ2) is 8.73. The van der Waals surface area contributed by atoms with Crippen LogP contribution in [-0.2, 0) is 11.2 Å². The van der Waals surface area contributed by atoms with E-state index in [1.165, 1.54) is 16.8 Å². The largest absolute Gasteiger partial charge is 0.352 e. The molecule has 1 aliphatic rings. The lowest BCUT2D eigenvalue weighted by atomic mass is 10.0. The van der Waals surface area contributed by atoms with Gasteiger partial charge in [-0.2, -0.15) is 9.78 Å². The van der Waals surface area contributed by atoms with Gasteiger partial charge in [-0.3, -0.25) is 14.4 Å². The Kier molecular flexibility index (Phi) is 5.70. The van der Waals surface area contributed by atoms with Crippen LogP contribution in [0.3, 0.4) is 0 Å². The van der Waals surface area contributed by atoms with Gasteiger partial charge in [-0.1, -0.05) is 48.5 Å². The Hall–Kier alpha value is -3.74. The normalized spacial score (nSPS) is 14.0. The van der Waals surface area contributed by atoms with E-state index in [-0.39, 0.29) is 23.2 Å². The van der Waals surface area contributed by atoms with Gasteiger partial charge in [0.05, 0.1) is 5.69 Å². The van der Waals surface area contributed by atoms with Crippen LogP contribution in [0.5, 0.6) is 0 Å². The Morgan fingerprint density at radius 1 is 0.967 bits per heavy atom. The summed E-state index contributed by atoms with van der Waals surface area (Å²) in [5, 5.41) is 9.93. The molecule has 7 nitrogen and oxygen atoms in total. The summed E-state index contributed by atoms with van der Waals surface area (Å²) in [6.07, 6.45) is 2.28. The second-order valence-corrected chi connectivity index (χ2v) is 7.30. The molecule has 0 aliphatic heterocycles. The Morgan fingerprint density at radius 3 is 2.30 bits per heavy atom. The van der Waals surface area contributed by atoms with Crippen LogP contribution < -0.4 is 16.2 Å². The molecule has 2 aromatic carbocycles. The Bertz CT molecular complexity index is 1090. The summed E-state index contributed by atoms with van der Waals surface area (Å²) in [4.78, 5) is 37.8. The van der Waals surface area contributed by atoms with Crippen molar-refractivity contribution in [2.75, 3.05) is 0 Å². The van der Waals surface area contributed by atoms with Crippen molar-refractivity contribution < 1.29 is 9.59 Å². The van der Waals surface area contributed by atoms with Gasteiger partial charge in [0.15, 0.2) is 0 Å². The topological polar surface area (TPSA) is 93.1 Å². The van der Waals surface area contributed by atoms with Crippen LogP contribution in [0.2, 0.25) is 0 Å². The highest BCUT2D eigenvalue weighted by molar-refractivity contribution is 5.96. The molecule has 2 N–H and O–H groups in total. The zero-order valence-corrected chi connectivity index (χ0v) is 16.3. The molecule has 0 radical (unpaired) electrons. The molecule has 7 heteroatoms. The molecule has 1 unspecified atom stereocenters. The first-order chi connectivity index (χ1) is 14.6. The van der Waals surface area contributed by atoms with Gasteiger partial charge in [0, 0.05) is 18.5 Å². The third-order valence-corrected chi connectivity index (χ3v) is 4.86. The molecule has 1 aliphatic carbocycles. The van der Waals surface area contributed by atoms with E-state index in [4.69, 9.17) is 0 Å². The minimum Gasteiger partial charge on any atom is -0.352 e. The van der Waals surface area contributed by atoms with Gasteiger partial charge in [-0.15, -0.1) is 0 Å². The molecule has 1 saturated carbocycles. The molecule has 1 aromatic heterocycles. The number of nitrogens with one attached hydrogen (secondary N) is 2. The summed E-state index contributed by atoms with van der Waals surface area (Å²) in [6, 6.07) is 20.5.